The van der Waals surface area contributed by atoms with E-state index < -0.39 is 5.97 Å². The molecule has 0 fully saturated rings. The Morgan fingerprint density at radius 2 is 1.67 bits per heavy atom. The van der Waals surface area contributed by atoms with E-state index >= 15 is 0 Å². The number of Topliss-reactive ketones (excluding diaryl/α,β-unsaturated/α-hetero) is 1. The number of fused-ring (bicyclic) bond motifs is 1. The van der Waals surface area contributed by atoms with Crippen LogP contribution in [0.2, 0.25) is 0 Å². The summed E-state index contributed by atoms with van der Waals surface area (Å²) in [6.45, 7) is 10.2. The molecule has 3 aromatic rings. The Kier molecular flexibility index (Phi) is 5.08. The van der Waals surface area contributed by atoms with Crippen LogP contribution in [0.5, 0.6) is 0 Å². The van der Waals surface area contributed by atoms with Crippen LogP contribution in [0.3, 0.4) is 0 Å². The predicted molar refractivity (Wildman–Crippen MR) is 103 cm³/mol. The van der Waals surface area contributed by atoms with Gasteiger partial charge in [0.25, 0.3) is 0 Å². The molecule has 0 saturated heterocycles. The van der Waals surface area contributed by atoms with E-state index in [2.05, 4.69) is 14.5 Å². The number of esters is 1. The summed E-state index contributed by atoms with van der Waals surface area (Å²) in [5.74, 6) is -0.752. The average Bonchev–Trinajstić information content (AvgIpc) is 2.93. The lowest BCUT2D eigenvalue weighted by atomic mass is 10.1. The Bertz CT molecular complexity index is 1050. The molecule has 0 amide bonds. The second-order valence-corrected chi connectivity index (χ2v) is 6.63. The van der Waals surface area contributed by atoms with Crippen LogP contribution in [0.4, 0.5) is 0 Å². The lowest BCUT2D eigenvalue weighted by molar-refractivity contribution is 0.0474. The van der Waals surface area contributed by atoms with Crippen molar-refractivity contribution in [3.05, 3.63) is 58.2 Å². The van der Waals surface area contributed by atoms with Crippen LogP contribution in [-0.2, 0) is 11.3 Å². The average molecular weight is 365 g/mol. The van der Waals surface area contributed by atoms with Gasteiger partial charge in [-0.15, -0.1) is 0 Å². The molecule has 0 radical (unpaired) electrons. The van der Waals surface area contributed by atoms with Crippen LogP contribution in [0.25, 0.3) is 11.0 Å². The third-order valence-electron chi connectivity index (χ3n) is 4.84. The van der Waals surface area contributed by atoms with E-state index in [0.717, 1.165) is 34.8 Å². The first-order chi connectivity index (χ1) is 12.8. The van der Waals surface area contributed by atoms with Crippen LogP contribution >= 0.6 is 0 Å². The second-order valence-electron chi connectivity index (χ2n) is 6.63. The van der Waals surface area contributed by atoms with E-state index in [-0.39, 0.29) is 12.4 Å². The molecule has 0 saturated carbocycles. The molecule has 2 aromatic heterocycles. The molecule has 2 heterocycles. The van der Waals surface area contributed by atoms with Gasteiger partial charge in [0.15, 0.2) is 6.61 Å². The van der Waals surface area contributed by atoms with E-state index in [0.29, 0.717) is 16.6 Å². The van der Waals surface area contributed by atoms with Crippen LogP contribution in [0.1, 0.15) is 50.4 Å². The molecule has 0 atom stereocenters. The fourth-order valence-corrected chi connectivity index (χ4v) is 3.22. The van der Waals surface area contributed by atoms with Crippen molar-refractivity contribution < 1.29 is 14.3 Å². The first-order valence-electron chi connectivity index (χ1n) is 8.93. The number of aryl methyl sites for hydroxylation is 3. The van der Waals surface area contributed by atoms with Gasteiger partial charge in [0.1, 0.15) is 0 Å². The Labute approximate surface area is 158 Å². The number of hydrogen-bond acceptors (Lipinski definition) is 5. The van der Waals surface area contributed by atoms with Crippen LogP contribution < -0.4 is 0 Å². The summed E-state index contributed by atoms with van der Waals surface area (Å²) in [4.78, 5) is 33.7. The van der Waals surface area contributed by atoms with Crippen LogP contribution in [0, 0.1) is 27.7 Å². The molecule has 140 valence electrons. The fourth-order valence-electron chi connectivity index (χ4n) is 3.22. The predicted octanol–water partition coefficient (Wildman–Crippen LogP) is 3.72. The monoisotopic (exact) mass is 365 g/mol. The van der Waals surface area contributed by atoms with Crippen molar-refractivity contribution in [2.24, 2.45) is 0 Å². The highest BCUT2D eigenvalue weighted by Gasteiger charge is 2.18. The number of nitrogens with zero attached hydrogens (tertiary/aromatic N) is 3. The summed E-state index contributed by atoms with van der Waals surface area (Å²) in [6, 6.07) is 6.86. The third kappa shape index (κ3) is 3.60. The molecule has 0 N–H and O–H groups in total. The Hall–Kier alpha value is -3.02. The van der Waals surface area contributed by atoms with Crippen molar-refractivity contribution in [3.8, 4) is 0 Å². The van der Waals surface area contributed by atoms with Gasteiger partial charge in [-0.05, 0) is 58.9 Å². The van der Waals surface area contributed by atoms with Gasteiger partial charge in [-0.25, -0.2) is 14.8 Å². The highest BCUT2D eigenvalue weighted by atomic mass is 16.5. The van der Waals surface area contributed by atoms with Gasteiger partial charge in [-0.3, -0.25) is 4.79 Å². The van der Waals surface area contributed by atoms with Crippen molar-refractivity contribution in [2.45, 2.75) is 41.2 Å². The molecule has 0 spiro atoms. The molecule has 0 bridgehead atoms. The first-order valence-corrected chi connectivity index (χ1v) is 8.93. The van der Waals surface area contributed by atoms with Crippen LogP contribution in [-0.4, -0.2) is 32.9 Å². The minimum absolute atomic E-state index is 0.205. The number of aromatic nitrogens is 3. The normalized spacial score (nSPS) is 11.0. The van der Waals surface area contributed by atoms with Gasteiger partial charge in [0, 0.05) is 23.5 Å². The summed E-state index contributed by atoms with van der Waals surface area (Å²) in [5.41, 5.74) is 5.88. The van der Waals surface area contributed by atoms with Crippen molar-refractivity contribution in [1.82, 2.24) is 14.5 Å². The van der Waals surface area contributed by atoms with E-state index in [1.165, 1.54) is 0 Å². The topological polar surface area (TPSA) is 74.1 Å². The molecule has 0 aliphatic carbocycles. The maximum atomic E-state index is 12.5. The van der Waals surface area contributed by atoms with E-state index in [9.17, 15) is 9.59 Å². The standard InChI is InChI=1S/C21H23N3O3/c1-6-24-12(2)9-17(15(24)5)20(25)11-27-21(26)16-7-8-18-19(10-16)23-14(4)13(3)22-18/h7-10H,6,11H2,1-5H3. The molecular weight excluding hydrogens is 342 g/mol. The quantitative estimate of drug-likeness (QED) is 0.509. The summed E-state index contributed by atoms with van der Waals surface area (Å²) in [5, 5.41) is 0. The number of carbonyl (C=O) groups is 2. The Balaban J connectivity index is 1.75. The molecule has 0 aliphatic heterocycles. The molecule has 0 aliphatic rings. The maximum Gasteiger partial charge on any atom is 0.338 e. The number of rotatable bonds is 5. The van der Waals surface area contributed by atoms with E-state index in [4.69, 9.17) is 4.74 Å². The van der Waals surface area contributed by atoms with E-state index in [1.807, 2.05) is 40.7 Å². The number of hydrogen-bond donors (Lipinski definition) is 0. The smallest absolute Gasteiger partial charge is 0.338 e. The summed E-state index contributed by atoms with van der Waals surface area (Å²) in [6.07, 6.45) is 0. The SMILES string of the molecule is CCn1c(C)cc(C(=O)COC(=O)c2ccc3nc(C)c(C)nc3c2)c1C. The summed E-state index contributed by atoms with van der Waals surface area (Å²) >= 11 is 0. The minimum atomic E-state index is -0.547. The summed E-state index contributed by atoms with van der Waals surface area (Å²) < 4.78 is 7.30. The lowest BCUT2D eigenvalue weighted by Crippen LogP contribution is -2.15. The zero-order chi connectivity index (χ0) is 19.7. The van der Waals surface area contributed by atoms with Crippen molar-refractivity contribution in [3.63, 3.8) is 0 Å². The molecule has 27 heavy (non-hydrogen) atoms. The van der Waals surface area contributed by atoms with Gasteiger partial charge in [0.05, 0.1) is 28.0 Å². The Morgan fingerprint density at radius 3 is 2.30 bits per heavy atom. The van der Waals surface area contributed by atoms with Crippen molar-refractivity contribution >= 4 is 22.8 Å². The molecule has 0 unspecified atom stereocenters. The number of benzene rings is 1. The number of ether oxygens (including phenoxy) is 1. The van der Waals surface area contributed by atoms with Gasteiger partial charge in [-0.2, -0.15) is 0 Å². The van der Waals surface area contributed by atoms with E-state index in [1.54, 1.807) is 18.2 Å². The van der Waals surface area contributed by atoms with Crippen molar-refractivity contribution in [2.75, 3.05) is 6.61 Å². The van der Waals surface area contributed by atoms with Crippen LogP contribution in [0.15, 0.2) is 24.3 Å². The largest absolute Gasteiger partial charge is 0.454 e. The lowest BCUT2D eigenvalue weighted by Gasteiger charge is -2.07. The zero-order valence-corrected chi connectivity index (χ0v) is 16.3. The zero-order valence-electron chi connectivity index (χ0n) is 16.3. The molecule has 6 heteroatoms. The molecule has 6 nitrogen and oxygen atoms in total. The third-order valence-corrected chi connectivity index (χ3v) is 4.84. The minimum Gasteiger partial charge on any atom is -0.454 e. The Morgan fingerprint density at radius 1 is 1.00 bits per heavy atom. The highest BCUT2D eigenvalue weighted by molar-refractivity contribution is 6.01. The fraction of sp³-hybridized carbons (Fsp3) is 0.333. The van der Waals surface area contributed by atoms with Gasteiger partial charge in [-0.1, -0.05) is 0 Å². The molecule has 3 rings (SSSR count). The molecule has 1 aromatic carbocycles. The summed E-state index contributed by atoms with van der Waals surface area (Å²) in [7, 11) is 0. The van der Waals surface area contributed by atoms with Crippen molar-refractivity contribution in [1.29, 1.82) is 0 Å². The number of carbonyl (C=O) groups excluding carboxylic acids is 2. The first kappa shape index (κ1) is 18.8. The second kappa shape index (κ2) is 7.31. The van der Waals surface area contributed by atoms with Gasteiger partial charge >= 0.3 is 5.97 Å². The van der Waals surface area contributed by atoms with Gasteiger partial charge < -0.3 is 9.30 Å². The highest BCUT2D eigenvalue weighted by Crippen LogP contribution is 2.17. The van der Waals surface area contributed by atoms with Gasteiger partial charge in [0.2, 0.25) is 5.78 Å². The maximum absolute atomic E-state index is 12.5. The number of ketones is 1. The molecular formula is C21H23N3O3.